The van der Waals surface area contributed by atoms with Crippen LogP contribution in [0.4, 0.5) is 20.2 Å². The average molecular weight is 486 g/mol. The molecule has 3 aromatic rings. The summed E-state index contributed by atoms with van der Waals surface area (Å²) in [6, 6.07) is 3.51. The van der Waals surface area contributed by atoms with Crippen molar-refractivity contribution < 1.29 is 27.8 Å². The molecule has 2 aliphatic rings. The molecule has 0 spiro atoms. The van der Waals surface area contributed by atoms with E-state index in [0.29, 0.717) is 61.2 Å². The topological polar surface area (TPSA) is 94.8 Å². The molecule has 2 aliphatic heterocycles. The van der Waals surface area contributed by atoms with Gasteiger partial charge in [-0.2, -0.15) is 8.78 Å². The Labute approximate surface area is 200 Å². The first-order valence-electron chi connectivity index (χ1n) is 11.1. The number of carbonyl (C=O) groups excluding carboxylic acids is 1. The number of pyridine rings is 2. The Morgan fingerprint density at radius 2 is 2.06 bits per heavy atom. The van der Waals surface area contributed by atoms with Crippen molar-refractivity contribution in [2.45, 2.75) is 26.1 Å². The van der Waals surface area contributed by atoms with Crippen LogP contribution < -0.4 is 19.1 Å². The summed E-state index contributed by atoms with van der Waals surface area (Å²) in [7, 11) is 1.82. The number of halogens is 2. The van der Waals surface area contributed by atoms with Gasteiger partial charge in [-0.15, -0.1) is 0 Å². The number of amides is 1. The number of carbonyl (C=O) groups is 1. The summed E-state index contributed by atoms with van der Waals surface area (Å²) >= 11 is 0. The molecule has 184 valence electrons. The fourth-order valence-electron chi connectivity index (χ4n) is 4.20. The Balaban J connectivity index is 1.30. The van der Waals surface area contributed by atoms with Crippen LogP contribution in [-0.4, -0.2) is 69.3 Å². The molecule has 1 unspecified atom stereocenters. The lowest BCUT2D eigenvalue weighted by atomic mass is 10.2. The molecule has 1 atom stereocenters. The standard InChI is InChI=1S/C23H24F2N6O4/c1-14-7-15(9-27-21(14)35-23(24)25)31-5-6-33-19-10-26-20(8-18(19)31)34-16-3-4-30(11-16)22(32)17-12-29(2)13-28-17/h7-10,12-13,16,23H,3-6,11H2,1-2H3. The Hall–Kier alpha value is -3.96. The van der Waals surface area contributed by atoms with Crippen molar-refractivity contribution in [2.24, 2.45) is 7.05 Å². The molecule has 35 heavy (non-hydrogen) atoms. The number of hydrogen-bond donors (Lipinski definition) is 0. The average Bonchev–Trinajstić information content (AvgIpc) is 3.48. The number of aromatic nitrogens is 4. The van der Waals surface area contributed by atoms with E-state index in [1.54, 1.807) is 47.2 Å². The van der Waals surface area contributed by atoms with Crippen molar-refractivity contribution in [1.82, 2.24) is 24.4 Å². The van der Waals surface area contributed by atoms with Crippen LogP contribution in [0.25, 0.3) is 0 Å². The summed E-state index contributed by atoms with van der Waals surface area (Å²) in [5.74, 6) is 0.741. The number of aryl methyl sites for hydroxylation is 2. The van der Waals surface area contributed by atoms with E-state index in [1.165, 1.54) is 6.20 Å². The minimum atomic E-state index is -2.94. The number of imidazole rings is 1. The number of rotatable bonds is 6. The van der Waals surface area contributed by atoms with Gasteiger partial charge in [0.25, 0.3) is 5.91 Å². The van der Waals surface area contributed by atoms with Crippen molar-refractivity contribution >= 4 is 17.3 Å². The highest BCUT2D eigenvalue weighted by atomic mass is 19.3. The molecule has 1 fully saturated rings. The quantitative estimate of drug-likeness (QED) is 0.525. The van der Waals surface area contributed by atoms with Gasteiger partial charge in [-0.25, -0.2) is 15.0 Å². The summed E-state index contributed by atoms with van der Waals surface area (Å²) < 4.78 is 43.2. The van der Waals surface area contributed by atoms with Crippen molar-refractivity contribution in [1.29, 1.82) is 0 Å². The van der Waals surface area contributed by atoms with Gasteiger partial charge < -0.3 is 28.6 Å². The Bertz CT molecular complexity index is 1240. The number of ether oxygens (including phenoxy) is 3. The molecule has 5 heterocycles. The van der Waals surface area contributed by atoms with Gasteiger partial charge in [-0.3, -0.25) is 4.79 Å². The minimum Gasteiger partial charge on any atom is -0.488 e. The smallest absolute Gasteiger partial charge is 0.388 e. The number of likely N-dealkylation sites (tertiary alicyclic amines) is 1. The van der Waals surface area contributed by atoms with Crippen LogP contribution in [0.5, 0.6) is 17.5 Å². The third-order valence-corrected chi connectivity index (χ3v) is 5.86. The summed E-state index contributed by atoms with van der Waals surface area (Å²) in [5.41, 5.74) is 2.33. The number of nitrogens with zero attached hydrogens (tertiary/aromatic N) is 6. The zero-order valence-electron chi connectivity index (χ0n) is 19.2. The fraction of sp³-hybridized carbons (Fsp3) is 0.391. The zero-order valence-corrected chi connectivity index (χ0v) is 19.2. The lowest BCUT2D eigenvalue weighted by molar-refractivity contribution is -0.0533. The van der Waals surface area contributed by atoms with Gasteiger partial charge >= 0.3 is 6.61 Å². The first-order chi connectivity index (χ1) is 16.9. The van der Waals surface area contributed by atoms with E-state index in [-0.39, 0.29) is 17.9 Å². The third-order valence-electron chi connectivity index (χ3n) is 5.86. The van der Waals surface area contributed by atoms with E-state index in [2.05, 4.69) is 19.7 Å². The number of anilines is 2. The van der Waals surface area contributed by atoms with Crippen molar-refractivity contribution in [2.75, 3.05) is 31.1 Å². The molecule has 10 nitrogen and oxygen atoms in total. The maximum atomic E-state index is 12.7. The molecular weight excluding hydrogens is 462 g/mol. The second-order valence-corrected chi connectivity index (χ2v) is 8.39. The summed E-state index contributed by atoms with van der Waals surface area (Å²) in [5, 5.41) is 0. The highest BCUT2D eigenvalue weighted by molar-refractivity contribution is 5.92. The minimum absolute atomic E-state index is 0.109. The van der Waals surface area contributed by atoms with Crippen molar-refractivity contribution in [3.63, 3.8) is 0 Å². The second-order valence-electron chi connectivity index (χ2n) is 8.39. The molecule has 5 rings (SSSR count). The summed E-state index contributed by atoms with van der Waals surface area (Å²) in [6.45, 7) is 0.683. The van der Waals surface area contributed by atoms with E-state index >= 15 is 0 Å². The Kier molecular flexibility index (Phi) is 6.10. The zero-order chi connectivity index (χ0) is 24.5. The molecule has 0 aliphatic carbocycles. The van der Waals surface area contributed by atoms with E-state index in [1.807, 2.05) is 11.9 Å². The summed E-state index contributed by atoms with van der Waals surface area (Å²) in [6.07, 6.45) is 6.83. The molecule has 1 saturated heterocycles. The normalized spacial score (nSPS) is 17.3. The number of alkyl halides is 2. The van der Waals surface area contributed by atoms with Crippen LogP contribution in [0.15, 0.2) is 37.1 Å². The van der Waals surface area contributed by atoms with E-state index in [4.69, 9.17) is 9.47 Å². The molecule has 1 amide bonds. The van der Waals surface area contributed by atoms with Crippen LogP contribution in [-0.2, 0) is 7.05 Å². The largest absolute Gasteiger partial charge is 0.488 e. The summed E-state index contributed by atoms with van der Waals surface area (Å²) in [4.78, 5) is 28.9. The van der Waals surface area contributed by atoms with Gasteiger partial charge in [-0.1, -0.05) is 0 Å². The molecule has 0 N–H and O–H groups in total. The molecule has 0 radical (unpaired) electrons. The van der Waals surface area contributed by atoms with E-state index in [9.17, 15) is 13.6 Å². The highest BCUT2D eigenvalue weighted by Crippen LogP contribution is 2.39. The lowest BCUT2D eigenvalue weighted by Gasteiger charge is -2.31. The van der Waals surface area contributed by atoms with Gasteiger partial charge in [0.2, 0.25) is 11.8 Å². The van der Waals surface area contributed by atoms with Crippen LogP contribution >= 0.6 is 0 Å². The third kappa shape index (κ3) is 4.81. The molecule has 0 bridgehead atoms. The van der Waals surface area contributed by atoms with Crippen LogP contribution in [0.3, 0.4) is 0 Å². The van der Waals surface area contributed by atoms with Gasteiger partial charge in [-0.05, 0) is 13.0 Å². The first kappa shape index (κ1) is 22.8. The number of fused-ring (bicyclic) bond motifs is 1. The van der Waals surface area contributed by atoms with Crippen LogP contribution in [0, 0.1) is 6.92 Å². The Morgan fingerprint density at radius 3 is 2.80 bits per heavy atom. The maximum absolute atomic E-state index is 12.7. The van der Waals surface area contributed by atoms with Crippen molar-refractivity contribution in [3.05, 3.63) is 48.3 Å². The molecule has 0 saturated carbocycles. The monoisotopic (exact) mass is 486 g/mol. The molecule has 12 heteroatoms. The van der Waals surface area contributed by atoms with Gasteiger partial charge in [0.15, 0.2) is 5.75 Å². The molecular formula is C23H24F2N6O4. The van der Waals surface area contributed by atoms with Crippen LogP contribution in [0.1, 0.15) is 22.5 Å². The fourth-order valence-corrected chi connectivity index (χ4v) is 4.20. The first-order valence-corrected chi connectivity index (χ1v) is 11.1. The second kappa shape index (κ2) is 9.35. The van der Waals surface area contributed by atoms with Gasteiger partial charge in [0.1, 0.15) is 18.4 Å². The highest BCUT2D eigenvalue weighted by Gasteiger charge is 2.30. The molecule has 0 aromatic carbocycles. The molecule has 3 aromatic heterocycles. The lowest BCUT2D eigenvalue weighted by Crippen LogP contribution is -2.31. The van der Waals surface area contributed by atoms with Crippen molar-refractivity contribution in [3.8, 4) is 17.5 Å². The Morgan fingerprint density at radius 1 is 1.20 bits per heavy atom. The SMILES string of the molecule is Cc1cc(N2CCOc3cnc(OC4CCN(C(=O)c5cn(C)cn5)C4)cc32)cnc1OC(F)F. The predicted octanol–water partition coefficient (Wildman–Crippen LogP) is 2.94. The van der Waals surface area contributed by atoms with E-state index < -0.39 is 6.61 Å². The van der Waals surface area contributed by atoms with Gasteiger partial charge in [0, 0.05) is 37.8 Å². The van der Waals surface area contributed by atoms with Crippen LogP contribution in [0.2, 0.25) is 0 Å². The van der Waals surface area contributed by atoms with E-state index in [0.717, 1.165) is 5.69 Å². The van der Waals surface area contributed by atoms with Gasteiger partial charge in [0.05, 0.1) is 43.2 Å². The number of hydrogen-bond acceptors (Lipinski definition) is 8. The maximum Gasteiger partial charge on any atom is 0.388 e. The predicted molar refractivity (Wildman–Crippen MR) is 120 cm³/mol.